The Morgan fingerprint density at radius 1 is 1.15 bits per heavy atom. The SMILES string of the molecule is CCc1ccccc1NS(=O)(=O)c1ccc(CNC)s1. The van der Waals surface area contributed by atoms with Crippen LogP contribution in [0.5, 0.6) is 0 Å². The number of para-hydroxylation sites is 1. The summed E-state index contributed by atoms with van der Waals surface area (Å²) in [6.07, 6.45) is 0.786. The highest BCUT2D eigenvalue weighted by molar-refractivity contribution is 7.94. The molecule has 0 aliphatic carbocycles. The zero-order valence-electron chi connectivity index (χ0n) is 11.5. The third-order valence-corrected chi connectivity index (χ3v) is 5.84. The number of sulfonamides is 1. The van der Waals surface area contributed by atoms with E-state index < -0.39 is 10.0 Å². The maximum absolute atomic E-state index is 12.4. The first-order valence-electron chi connectivity index (χ1n) is 6.41. The van der Waals surface area contributed by atoms with Gasteiger partial charge in [-0.15, -0.1) is 11.3 Å². The monoisotopic (exact) mass is 310 g/mol. The van der Waals surface area contributed by atoms with E-state index in [1.165, 1.54) is 11.3 Å². The number of hydrogen-bond acceptors (Lipinski definition) is 4. The molecule has 0 radical (unpaired) electrons. The number of thiophene rings is 1. The van der Waals surface area contributed by atoms with Gasteiger partial charge in [0.15, 0.2) is 0 Å². The molecule has 20 heavy (non-hydrogen) atoms. The first-order chi connectivity index (χ1) is 9.56. The predicted octanol–water partition coefficient (Wildman–Crippen LogP) is 2.83. The van der Waals surface area contributed by atoms with E-state index in [2.05, 4.69) is 10.0 Å². The topological polar surface area (TPSA) is 58.2 Å². The first-order valence-corrected chi connectivity index (χ1v) is 8.71. The molecule has 0 spiro atoms. The van der Waals surface area contributed by atoms with Gasteiger partial charge in [-0.3, -0.25) is 4.72 Å². The standard InChI is InChI=1S/C14H18N2O2S2/c1-3-11-6-4-5-7-13(11)16-20(17,18)14-9-8-12(19-14)10-15-2/h4-9,15-16H,3,10H2,1-2H3. The Balaban J connectivity index is 2.26. The van der Waals surface area contributed by atoms with Crippen LogP contribution in [0.1, 0.15) is 17.4 Å². The van der Waals surface area contributed by atoms with Crippen molar-refractivity contribution in [3.63, 3.8) is 0 Å². The Morgan fingerprint density at radius 3 is 2.60 bits per heavy atom. The van der Waals surface area contributed by atoms with Crippen LogP contribution in [0, 0.1) is 0 Å². The van der Waals surface area contributed by atoms with Gasteiger partial charge in [-0.1, -0.05) is 25.1 Å². The molecule has 108 valence electrons. The quantitative estimate of drug-likeness (QED) is 0.862. The molecule has 0 aliphatic heterocycles. The van der Waals surface area contributed by atoms with Crippen molar-refractivity contribution in [2.75, 3.05) is 11.8 Å². The van der Waals surface area contributed by atoms with Crippen LogP contribution in [0.25, 0.3) is 0 Å². The lowest BCUT2D eigenvalue weighted by Gasteiger charge is -2.10. The fraction of sp³-hybridized carbons (Fsp3) is 0.286. The molecule has 0 atom stereocenters. The number of hydrogen-bond donors (Lipinski definition) is 2. The molecule has 6 heteroatoms. The highest BCUT2D eigenvalue weighted by Gasteiger charge is 2.17. The molecule has 1 aromatic heterocycles. The number of benzene rings is 1. The van der Waals surface area contributed by atoms with E-state index in [1.54, 1.807) is 12.1 Å². The molecule has 0 saturated heterocycles. The highest BCUT2D eigenvalue weighted by atomic mass is 32.2. The number of anilines is 1. The minimum Gasteiger partial charge on any atom is -0.315 e. The maximum Gasteiger partial charge on any atom is 0.271 e. The van der Waals surface area contributed by atoms with Crippen molar-refractivity contribution >= 4 is 27.0 Å². The maximum atomic E-state index is 12.4. The average molecular weight is 310 g/mol. The fourth-order valence-corrected chi connectivity index (χ4v) is 4.36. The molecule has 2 aromatic rings. The summed E-state index contributed by atoms with van der Waals surface area (Å²) in [5.74, 6) is 0. The number of rotatable bonds is 6. The second-order valence-corrected chi connectivity index (χ2v) is 7.44. The summed E-state index contributed by atoms with van der Waals surface area (Å²) in [6, 6.07) is 10.9. The van der Waals surface area contributed by atoms with Crippen molar-refractivity contribution in [1.29, 1.82) is 0 Å². The molecule has 1 heterocycles. The molecule has 4 nitrogen and oxygen atoms in total. The van der Waals surface area contributed by atoms with E-state index in [-0.39, 0.29) is 0 Å². The van der Waals surface area contributed by atoms with Gasteiger partial charge in [0.25, 0.3) is 10.0 Å². The van der Waals surface area contributed by atoms with Crippen molar-refractivity contribution < 1.29 is 8.42 Å². The normalized spacial score (nSPS) is 11.5. The van der Waals surface area contributed by atoms with Crippen molar-refractivity contribution in [2.45, 2.75) is 24.1 Å². The molecule has 0 bridgehead atoms. The third-order valence-electron chi connectivity index (χ3n) is 2.90. The fourth-order valence-electron chi connectivity index (χ4n) is 1.90. The molecule has 0 saturated carbocycles. The number of aryl methyl sites for hydroxylation is 1. The molecule has 0 fully saturated rings. The van der Waals surface area contributed by atoms with E-state index in [0.717, 1.165) is 16.9 Å². The van der Waals surface area contributed by atoms with Crippen molar-refractivity contribution in [2.24, 2.45) is 0 Å². The van der Waals surface area contributed by atoms with Crippen LogP contribution in [0.3, 0.4) is 0 Å². The molecule has 2 rings (SSSR count). The Bertz CT molecular complexity index is 678. The summed E-state index contributed by atoms with van der Waals surface area (Å²) in [4.78, 5) is 0.997. The predicted molar refractivity (Wildman–Crippen MR) is 83.7 cm³/mol. The molecule has 0 amide bonds. The average Bonchev–Trinajstić information content (AvgIpc) is 2.89. The summed E-state index contributed by atoms with van der Waals surface area (Å²) in [7, 11) is -1.67. The summed E-state index contributed by atoms with van der Waals surface area (Å²) >= 11 is 1.28. The Kier molecular flexibility index (Phi) is 4.80. The van der Waals surface area contributed by atoms with E-state index in [9.17, 15) is 8.42 Å². The van der Waals surface area contributed by atoms with Gasteiger partial charge >= 0.3 is 0 Å². The highest BCUT2D eigenvalue weighted by Crippen LogP contribution is 2.25. The smallest absolute Gasteiger partial charge is 0.271 e. The zero-order valence-corrected chi connectivity index (χ0v) is 13.1. The van der Waals surface area contributed by atoms with Crippen LogP contribution in [0.15, 0.2) is 40.6 Å². The third kappa shape index (κ3) is 3.39. The Morgan fingerprint density at radius 2 is 1.90 bits per heavy atom. The van der Waals surface area contributed by atoms with Gasteiger partial charge < -0.3 is 5.32 Å². The van der Waals surface area contributed by atoms with E-state index >= 15 is 0 Å². The van der Waals surface area contributed by atoms with Gasteiger partial charge in [0.1, 0.15) is 4.21 Å². The lowest BCUT2D eigenvalue weighted by Crippen LogP contribution is -2.12. The summed E-state index contributed by atoms with van der Waals surface area (Å²) in [5.41, 5.74) is 1.64. The molecule has 0 unspecified atom stereocenters. The van der Waals surface area contributed by atoms with Gasteiger partial charge in [-0.05, 0) is 37.2 Å². The Hall–Kier alpha value is -1.37. The lowest BCUT2D eigenvalue weighted by atomic mass is 10.1. The largest absolute Gasteiger partial charge is 0.315 e. The van der Waals surface area contributed by atoms with E-state index in [4.69, 9.17) is 0 Å². The lowest BCUT2D eigenvalue weighted by molar-refractivity contribution is 0.603. The molecular weight excluding hydrogens is 292 g/mol. The van der Waals surface area contributed by atoms with Crippen LogP contribution in [0.2, 0.25) is 0 Å². The van der Waals surface area contributed by atoms with Crippen LogP contribution in [0.4, 0.5) is 5.69 Å². The van der Waals surface area contributed by atoms with Gasteiger partial charge in [0.2, 0.25) is 0 Å². The van der Waals surface area contributed by atoms with Gasteiger partial charge in [0.05, 0.1) is 5.69 Å². The van der Waals surface area contributed by atoms with Crippen LogP contribution < -0.4 is 10.0 Å². The van der Waals surface area contributed by atoms with Crippen molar-refractivity contribution in [3.8, 4) is 0 Å². The molecular formula is C14H18N2O2S2. The molecule has 2 N–H and O–H groups in total. The summed E-state index contributed by atoms with van der Waals surface area (Å²) in [6.45, 7) is 2.68. The first kappa shape index (κ1) is 15.0. The van der Waals surface area contributed by atoms with E-state index in [0.29, 0.717) is 16.4 Å². The number of nitrogens with one attached hydrogen (secondary N) is 2. The minimum absolute atomic E-state index is 0.341. The Labute approximate surface area is 123 Å². The zero-order chi connectivity index (χ0) is 14.6. The van der Waals surface area contributed by atoms with E-state index in [1.807, 2.05) is 38.2 Å². The van der Waals surface area contributed by atoms with Crippen molar-refractivity contribution in [1.82, 2.24) is 5.32 Å². The van der Waals surface area contributed by atoms with Crippen molar-refractivity contribution in [3.05, 3.63) is 46.8 Å². The van der Waals surface area contributed by atoms with Crippen LogP contribution >= 0.6 is 11.3 Å². The minimum atomic E-state index is -3.50. The second kappa shape index (κ2) is 6.39. The van der Waals surface area contributed by atoms with Gasteiger partial charge in [-0.25, -0.2) is 8.42 Å². The van der Waals surface area contributed by atoms with Crippen LogP contribution in [-0.2, 0) is 23.0 Å². The second-order valence-electron chi connectivity index (χ2n) is 4.37. The molecule has 0 aliphatic rings. The van der Waals surface area contributed by atoms with Gasteiger partial charge in [-0.2, -0.15) is 0 Å². The van der Waals surface area contributed by atoms with Crippen LogP contribution in [-0.4, -0.2) is 15.5 Å². The molecule has 1 aromatic carbocycles. The van der Waals surface area contributed by atoms with Gasteiger partial charge in [0, 0.05) is 11.4 Å². The summed E-state index contributed by atoms with van der Waals surface area (Å²) in [5, 5.41) is 3.01. The summed E-state index contributed by atoms with van der Waals surface area (Å²) < 4.78 is 27.7.